The molecule has 2 rings (SSSR count). The van der Waals surface area contributed by atoms with Crippen LogP contribution in [-0.2, 0) is 13.0 Å². The van der Waals surface area contributed by atoms with Crippen molar-refractivity contribution in [3.63, 3.8) is 0 Å². The van der Waals surface area contributed by atoms with Crippen molar-refractivity contribution in [3.05, 3.63) is 71.3 Å². The molecule has 1 atom stereocenters. The van der Waals surface area contributed by atoms with Crippen molar-refractivity contribution < 1.29 is 10.2 Å². The van der Waals surface area contributed by atoms with Gasteiger partial charge in [0.1, 0.15) is 0 Å². The summed E-state index contributed by atoms with van der Waals surface area (Å²) in [5.74, 6) is 0.0377. The van der Waals surface area contributed by atoms with Crippen molar-refractivity contribution in [2.45, 2.75) is 18.9 Å². The van der Waals surface area contributed by atoms with Crippen LogP contribution in [0.1, 0.15) is 22.6 Å². The van der Waals surface area contributed by atoms with E-state index >= 15 is 0 Å². The van der Waals surface area contributed by atoms with Crippen LogP contribution in [0.25, 0.3) is 0 Å². The largest absolute Gasteiger partial charge is 0.396 e. The number of benzene rings is 2. The summed E-state index contributed by atoms with van der Waals surface area (Å²) < 4.78 is 0. The molecular formula is C16H18O2. The first-order chi connectivity index (χ1) is 8.85. The monoisotopic (exact) mass is 242 g/mol. The van der Waals surface area contributed by atoms with Crippen molar-refractivity contribution >= 4 is 0 Å². The average Bonchev–Trinajstić information content (AvgIpc) is 2.46. The summed E-state index contributed by atoms with van der Waals surface area (Å²) in [5, 5.41) is 18.9. The van der Waals surface area contributed by atoms with E-state index in [0.29, 0.717) is 0 Å². The van der Waals surface area contributed by atoms with E-state index in [-0.39, 0.29) is 19.1 Å². The molecule has 0 amide bonds. The van der Waals surface area contributed by atoms with Crippen LogP contribution < -0.4 is 0 Å². The van der Waals surface area contributed by atoms with E-state index in [1.165, 1.54) is 5.56 Å². The van der Waals surface area contributed by atoms with Gasteiger partial charge >= 0.3 is 0 Å². The summed E-state index contributed by atoms with van der Waals surface area (Å²) in [6.45, 7) is 0.105. The third kappa shape index (κ3) is 2.97. The molecule has 2 N–H and O–H groups in total. The lowest BCUT2D eigenvalue weighted by Gasteiger charge is -2.17. The maximum atomic E-state index is 9.58. The molecule has 2 nitrogen and oxygen atoms in total. The zero-order valence-electron chi connectivity index (χ0n) is 10.3. The van der Waals surface area contributed by atoms with Crippen molar-refractivity contribution in [2.75, 3.05) is 6.61 Å². The van der Waals surface area contributed by atoms with Gasteiger partial charge in [0.15, 0.2) is 0 Å². The number of hydrogen-bond donors (Lipinski definition) is 2. The van der Waals surface area contributed by atoms with E-state index < -0.39 is 0 Å². The molecule has 0 aliphatic heterocycles. The molecule has 0 bridgehead atoms. The van der Waals surface area contributed by atoms with E-state index in [4.69, 9.17) is 0 Å². The molecular weight excluding hydrogens is 224 g/mol. The minimum absolute atomic E-state index is 0.0153. The Morgan fingerprint density at radius 1 is 0.833 bits per heavy atom. The lowest BCUT2D eigenvalue weighted by atomic mass is 9.89. The van der Waals surface area contributed by atoms with E-state index in [1.807, 2.05) is 42.5 Å². The fourth-order valence-corrected chi connectivity index (χ4v) is 2.25. The van der Waals surface area contributed by atoms with Crippen LogP contribution in [0.4, 0.5) is 0 Å². The zero-order valence-corrected chi connectivity index (χ0v) is 10.3. The smallest absolute Gasteiger partial charge is 0.0684 e. The maximum Gasteiger partial charge on any atom is 0.0684 e. The van der Waals surface area contributed by atoms with Gasteiger partial charge in [-0.3, -0.25) is 0 Å². The topological polar surface area (TPSA) is 40.5 Å². The molecule has 0 spiro atoms. The quantitative estimate of drug-likeness (QED) is 0.845. The predicted molar refractivity (Wildman–Crippen MR) is 72.3 cm³/mol. The van der Waals surface area contributed by atoms with Gasteiger partial charge in [0, 0.05) is 5.92 Å². The lowest BCUT2D eigenvalue weighted by Crippen LogP contribution is -2.10. The molecule has 0 radical (unpaired) electrons. The van der Waals surface area contributed by atoms with Crippen molar-refractivity contribution in [1.29, 1.82) is 0 Å². The number of hydrogen-bond acceptors (Lipinski definition) is 2. The second-order valence-electron chi connectivity index (χ2n) is 4.43. The molecule has 0 saturated heterocycles. The summed E-state index contributed by atoms with van der Waals surface area (Å²) in [6.07, 6.45) is 0.786. The van der Waals surface area contributed by atoms with Gasteiger partial charge in [-0.1, -0.05) is 54.6 Å². The summed E-state index contributed by atoms with van der Waals surface area (Å²) in [7, 11) is 0. The Labute approximate surface area is 108 Å². The summed E-state index contributed by atoms with van der Waals surface area (Å²) in [4.78, 5) is 0. The minimum atomic E-state index is 0.0153. The molecule has 94 valence electrons. The van der Waals surface area contributed by atoms with Gasteiger partial charge in [0.2, 0.25) is 0 Å². The molecule has 2 heteroatoms. The second kappa shape index (κ2) is 6.34. The fourth-order valence-electron chi connectivity index (χ4n) is 2.25. The number of aliphatic hydroxyl groups excluding tert-OH is 2. The van der Waals surface area contributed by atoms with Crippen LogP contribution in [0.2, 0.25) is 0 Å². The molecule has 18 heavy (non-hydrogen) atoms. The molecule has 0 aliphatic carbocycles. The lowest BCUT2D eigenvalue weighted by molar-refractivity contribution is 0.256. The number of rotatable bonds is 5. The highest BCUT2D eigenvalue weighted by Gasteiger charge is 2.14. The van der Waals surface area contributed by atoms with E-state index in [9.17, 15) is 10.2 Å². The van der Waals surface area contributed by atoms with Crippen molar-refractivity contribution in [1.82, 2.24) is 0 Å². The average molecular weight is 242 g/mol. The van der Waals surface area contributed by atoms with Gasteiger partial charge in [0.05, 0.1) is 13.2 Å². The van der Waals surface area contributed by atoms with Crippen LogP contribution in [0.3, 0.4) is 0 Å². The Balaban J connectivity index is 2.23. The van der Waals surface area contributed by atoms with Gasteiger partial charge in [-0.15, -0.1) is 0 Å². The Bertz CT molecular complexity index is 479. The third-order valence-electron chi connectivity index (χ3n) is 3.21. The maximum absolute atomic E-state index is 9.58. The van der Waals surface area contributed by atoms with Gasteiger partial charge in [0.25, 0.3) is 0 Å². The van der Waals surface area contributed by atoms with E-state index in [0.717, 1.165) is 17.5 Å². The first-order valence-electron chi connectivity index (χ1n) is 6.18. The van der Waals surface area contributed by atoms with Crippen LogP contribution in [-0.4, -0.2) is 16.8 Å². The van der Waals surface area contributed by atoms with E-state index in [1.54, 1.807) is 0 Å². The Kier molecular flexibility index (Phi) is 4.51. The SMILES string of the molecule is OCc1ccccc1C(CO)Cc1ccccc1. The van der Waals surface area contributed by atoms with Crippen LogP contribution in [0.5, 0.6) is 0 Å². The molecule has 0 fully saturated rings. The second-order valence-corrected chi connectivity index (χ2v) is 4.43. The molecule has 2 aromatic rings. The Hall–Kier alpha value is -1.64. The summed E-state index contributed by atoms with van der Waals surface area (Å²) >= 11 is 0. The van der Waals surface area contributed by atoms with Crippen LogP contribution >= 0.6 is 0 Å². The molecule has 1 unspecified atom stereocenters. The first-order valence-corrected chi connectivity index (χ1v) is 6.18. The zero-order chi connectivity index (χ0) is 12.8. The molecule has 0 aliphatic rings. The highest BCUT2D eigenvalue weighted by Crippen LogP contribution is 2.24. The molecule has 0 heterocycles. The van der Waals surface area contributed by atoms with Crippen LogP contribution in [0, 0.1) is 0 Å². The summed E-state index contributed by atoms with van der Waals surface area (Å²) in [6, 6.07) is 17.9. The highest BCUT2D eigenvalue weighted by atomic mass is 16.3. The van der Waals surface area contributed by atoms with Crippen molar-refractivity contribution in [2.24, 2.45) is 0 Å². The van der Waals surface area contributed by atoms with Gasteiger partial charge in [-0.05, 0) is 23.1 Å². The van der Waals surface area contributed by atoms with Gasteiger partial charge in [-0.25, -0.2) is 0 Å². The Morgan fingerprint density at radius 2 is 1.50 bits per heavy atom. The summed E-state index contributed by atoms with van der Waals surface area (Å²) in [5.41, 5.74) is 3.13. The van der Waals surface area contributed by atoms with Gasteiger partial charge in [-0.2, -0.15) is 0 Å². The van der Waals surface area contributed by atoms with Gasteiger partial charge < -0.3 is 10.2 Å². The standard InChI is InChI=1S/C16H18O2/c17-11-14-8-4-5-9-16(14)15(12-18)10-13-6-2-1-3-7-13/h1-9,15,17-18H,10-12H2. The van der Waals surface area contributed by atoms with Crippen molar-refractivity contribution in [3.8, 4) is 0 Å². The normalized spacial score (nSPS) is 12.3. The third-order valence-corrected chi connectivity index (χ3v) is 3.21. The molecule has 0 saturated carbocycles. The Morgan fingerprint density at radius 3 is 2.17 bits per heavy atom. The first kappa shape index (κ1) is 12.8. The van der Waals surface area contributed by atoms with E-state index in [2.05, 4.69) is 12.1 Å². The van der Waals surface area contributed by atoms with Crippen LogP contribution in [0.15, 0.2) is 54.6 Å². The number of aliphatic hydroxyl groups is 2. The minimum Gasteiger partial charge on any atom is -0.396 e. The molecule has 0 aromatic heterocycles. The predicted octanol–water partition coefficient (Wildman–Crippen LogP) is 2.50. The molecule has 2 aromatic carbocycles. The fraction of sp³-hybridized carbons (Fsp3) is 0.250. The highest BCUT2D eigenvalue weighted by molar-refractivity contribution is 5.32.